The topological polar surface area (TPSA) is 69.7 Å². The predicted molar refractivity (Wildman–Crippen MR) is 128 cm³/mol. The molecule has 0 aliphatic carbocycles. The van der Waals surface area contributed by atoms with Gasteiger partial charge in [-0.3, -0.25) is 9.10 Å². The molecule has 6 nitrogen and oxygen atoms in total. The zero-order chi connectivity index (χ0) is 22.6. The van der Waals surface area contributed by atoms with Crippen molar-refractivity contribution in [3.8, 4) is 0 Å². The number of para-hydroxylation sites is 1. The lowest BCUT2D eigenvalue weighted by Gasteiger charge is -2.19. The molecule has 1 N–H and O–H groups in total. The van der Waals surface area contributed by atoms with E-state index in [2.05, 4.69) is 22.3 Å². The number of anilines is 2. The molecule has 1 aliphatic rings. The number of hydrogen-bond donors (Lipinski definition) is 1. The molecule has 0 bridgehead atoms. The van der Waals surface area contributed by atoms with E-state index in [1.54, 1.807) is 24.3 Å². The number of carbonyl (C=O) groups excluding carboxylic acids is 1. The summed E-state index contributed by atoms with van der Waals surface area (Å²) in [5.74, 6) is -0.242. The summed E-state index contributed by atoms with van der Waals surface area (Å²) in [5.41, 5.74) is 3.23. The van der Waals surface area contributed by atoms with Gasteiger partial charge in [-0.1, -0.05) is 30.3 Å². The Balaban J connectivity index is 1.37. The van der Waals surface area contributed by atoms with E-state index >= 15 is 0 Å². The van der Waals surface area contributed by atoms with E-state index in [1.165, 1.54) is 54.1 Å². The molecule has 7 heteroatoms. The minimum absolute atomic E-state index is 0.137. The van der Waals surface area contributed by atoms with Crippen LogP contribution in [-0.4, -0.2) is 34.5 Å². The van der Waals surface area contributed by atoms with Gasteiger partial charge < -0.3 is 10.2 Å². The van der Waals surface area contributed by atoms with E-state index in [0.29, 0.717) is 17.8 Å². The van der Waals surface area contributed by atoms with Gasteiger partial charge in [-0.15, -0.1) is 0 Å². The van der Waals surface area contributed by atoms with Gasteiger partial charge in [0.05, 0.1) is 10.6 Å². The van der Waals surface area contributed by atoms with Gasteiger partial charge in [0.15, 0.2) is 0 Å². The zero-order valence-corrected chi connectivity index (χ0v) is 18.9. The van der Waals surface area contributed by atoms with Gasteiger partial charge in [0.1, 0.15) is 0 Å². The quantitative estimate of drug-likeness (QED) is 0.591. The molecule has 3 aromatic rings. The van der Waals surface area contributed by atoms with Gasteiger partial charge >= 0.3 is 0 Å². The Hall–Kier alpha value is -3.32. The van der Waals surface area contributed by atoms with Crippen molar-refractivity contribution in [2.45, 2.75) is 24.3 Å². The van der Waals surface area contributed by atoms with Crippen LogP contribution in [0.5, 0.6) is 0 Å². The summed E-state index contributed by atoms with van der Waals surface area (Å²) in [5, 5.41) is 2.90. The van der Waals surface area contributed by atoms with Crippen LogP contribution in [0, 0.1) is 0 Å². The van der Waals surface area contributed by atoms with Crippen LogP contribution >= 0.6 is 0 Å². The zero-order valence-electron chi connectivity index (χ0n) is 18.1. The third-order valence-corrected chi connectivity index (χ3v) is 7.56. The highest BCUT2D eigenvalue weighted by Crippen LogP contribution is 2.22. The minimum Gasteiger partial charge on any atom is -0.372 e. The van der Waals surface area contributed by atoms with Crippen LogP contribution in [0.2, 0.25) is 0 Å². The Morgan fingerprint density at radius 3 is 2.16 bits per heavy atom. The van der Waals surface area contributed by atoms with Gasteiger partial charge in [0.2, 0.25) is 0 Å². The van der Waals surface area contributed by atoms with Crippen molar-refractivity contribution >= 4 is 27.3 Å². The van der Waals surface area contributed by atoms with Gasteiger partial charge in [-0.05, 0) is 66.9 Å². The van der Waals surface area contributed by atoms with Gasteiger partial charge in [0.25, 0.3) is 15.9 Å². The molecular formula is C25H27N3O3S. The third-order valence-electron chi connectivity index (χ3n) is 5.76. The smallest absolute Gasteiger partial charge is 0.264 e. The van der Waals surface area contributed by atoms with Crippen molar-refractivity contribution in [2.75, 3.05) is 29.3 Å². The predicted octanol–water partition coefficient (Wildman–Crippen LogP) is 4.04. The second-order valence-corrected chi connectivity index (χ2v) is 9.85. The number of hydrogen-bond acceptors (Lipinski definition) is 4. The van der Waals surface area contributed by atoms with Crippen molar-refractivity contribution < 1.29 is 13.2 Å². The van der Waals surface area contributed by atoms with E-state index in [-0.39, 0.29) is 10.8 Å². The van der Waals surface area contributed by atoms with E-state index in [1.807, 2.05) is 18.2 Å². The van der Waals surface area contributed by atoms with E-state index < -0.39 is 10.0 Å². The number of sulfonamides is 1. The Kier molecular flexibility index (Phi) is 6.46. The molecule has 1 saturated heterocycles. The number of amides is 1. The molecule has 0 atom stereocenters. The minimum atomic E-state index is -3.70. The lowest BCUT2D eigenvalue weighted by Crippen LogP contribution is -2.27. The third kappa shape index (κ3) is 4.78. The van der Waals surface area contributed by atoms with Crippen molar-refractivity contribution in [1.29, 1.82) is 0 Å². The summed E-state index contributed by atoms with van der Waals surface area (Å²) in [6.45, 7) is 2.61. The number of benzene rings is 3. The standard InChI is InChI=1S/C25H27N3O3S/c1-27(22-7-3-2-4-8-22)32(30,31)24-15-11-21(12-16-24)25(29)26-19-20-9-13-23(14-10-20)28-17-5-6-18-28/h2-4,7-16H,5-6,17-19H2,1H3,(H,26,29). The SMILES string of the molecule is CN(c1ccccc1)S(=O)(=O)c1ccc(C(=O)NCc2ccc(N3CCCC3)cc2)cc1. The molecule has 0 unspecified atom stereocenters. The summed E-state index contributed by atoms with van der Waals surface area (Å²) < 4.78 is 27.0. The van der Waals surface area contributed by atoms with Crippen LogP contribution in [0.4, 0.5) is 11.4 Å². The van der Waals surface area contributed by atoms with Crippen LogP contribution in [0.1, 0.15) is 28.8 Å². The second-order valence-electron chi connectivity index (χ2n) is 7.88. The molecular weight excluding hydrogens is 422 g/mol. The normalized spacial score (nSPS) is 13.7. The molecule has 1 amide bonds. The summed E-state index contributed by atoms with van der Waals surface area (Å²) in [6.07, 6.45) is 2.47. The monoisotopic (exact) mass is 449 g/mol. The van der Waals surface area contributed by atoms with Crippen LogP contribution in [0.15, 0.2) is 83.8 Å². The van der Waals surface area contributed by atoms with E-state index in [4.69, 9.17) is 0 Å². The molecule has 0 aromatic heterocycles. The molecule has 0 spiro atoms. The molecule has 3 aromatic carbocycles. The van der Waals surface area contributed by atoms with E-state index in [9.17, 15) is 13.2 Å². The number of carbonyl (C=O) groups is 1. The highest BCUT2D eigenvalue weighted by molar-refractivity contribution is 7.92. The van der Waals surface area contributed by atoms with Gasteiger partial charge in [-0.2, -0.15) is 0 Å². The molecule has 1 aliphatic heterocycles. The molecule has 4 rings (SSSR count). The van der Waals surface area contributed by atoms with Gasteiger partial charge in [0, 0.05) is 37.9 Å². The summed E-state index contributed by atoms with van der Waals surface area (Å²) in [7, 11) is -2.19. The lowest BCUT2D eigenvalue weighted by molar-refractivity contribution is 0.0951. The maximum Gasteiger partial charge on any atom is 0.264 e. The van der Waals surface area contributed by atoms with Crippen molar-refractivity contribution in [2.24, 2.45) is 0 Å². The van der Waals surface area contributed by atoms with Crippen LogP contribution in [0.25, 0.3) is 0 Å². The van der Waals surface area contributed by atoms with Crippen molar-refractivity contribution in [3.63, 3.8) is 0 Å². The maximum absolute atomic E-state index is 12.9. The fraction of sp³-hybridized carbons (Fsp3) is 0.240. The highest BCUT2D eigenvalue weighted by atomic mass is 32.2. The highest BCUT2D eigenvalue weighted by Gasteiger charge is 2.21. The summed E-state index contributed by atoms with van der Waals surface area (Å²) >= 11 is 0. The molecule has 166 valence electrons. The average molecular weight is 450 g/mol. The summed E-state index contributed by atoms with van der Waals surface area (Å²) in [6, 6.07) is 23.1. The average Bonchev–Trinajstić information content (AvgIpc) is 3.38. The first kappa shape index (κ1) is 21.9. The maximum atomic E-state index is 12.9. The molecule has 0 saturated carbocycles. The lowest BCUT2D eigenvalue weighted by atomic mass is 10.1. The van der Waals surface area contributed by atoms with Crippen LogP contribution < -0.4 is 14.5 Å². The van der Waals surface area contributed by atoms with Crippen molar-refractivity contribution in [1.82, 2.24) is 5.32 Å². The Morgan fingerprint density at radius 1 is 0.906 bits per heavy atom. The summed E-state index contributed by atoms with van der Waals surface area (Å²) in [4.78, 5) is 15.0. The number of nitrogens with zero attached hydrogens (tertiary/aromatic N) is 2. The van der Waals surface area contributed by atoms with E-state index in [0.717, 1.165) is 18.7 Å². The first-order valence-electron chi connectivity index (χ1n) is 10.7. The number of rotatable bonds is 7. The molecule has 32 heavy (non-hydrogen) atoms. The Labute approximate surface area is 189 Å². The largest absolute Gasteiger partial charge is 0.372 e. The van der Waals surface area contributed by atoms with Crippen LogP contribution in [-0.2, 0) is 16.6 Å². The molecule has 0 radical (unpaired) electrons. The first-order valence-corrected chi connectivity index (χ1v) is 12.2. The fourth-order valence-electron chi connectivity index (χ4n) is 3.80. The fourth-order valence-corrected chi connectivity index (χ4v) is 4.99. The van der Waals surface area contributed by atoms with Crippen LogP contribution in [0.3, 0.4) is 0 Å². The second kappa shape index (κ2) is 9.44. The van der Waals surface area contributed by atoms with Crippen molar-refractivity contribution in [3.05, 3.63) is 90.0 Å². The number of nitrogens with one attached hydrogen (secondary N) is 1. The molecule has 1 fully saturated rings. The first-order chi connectivity index (χ1) is 15.4. The van der Waals surface area contributed by atoms with Gasteiger partial charge in [-0.25, -0.2) is 8.42 Å². The Morgan fingerprint density at radius 2 is 1.53 bits per heavy atom. The molecule has 1 heterocycles. The Bertz CT molecular complexity index is 1160.